The molecular formula is C11H18N4O2. The normalized spacial score (nSPS) is 23.3. The van der Waals surface area contributed by atoms with Gasteiger partial charge in [0.2, 0.25) is 5.82 Å². The van der Waals surface area contributed by atoms with Crippen molar-refractivity contribution in [3.63, 3.8) is 0 Å². The van der Waals surface area contributed by atoms with Gasteiger partial charge in [-0.3, -0.25) is 9.78 Å². The Bertz CT molecular complexity index is 503. The molecule has 3 N–H and O–H groups in total. The van der Waals surface area contributed by atoms with Gasteiger partial charge >= 0.3 is 5.69 Å². The summed E-state index contributed by atoms with van der Waals surface area (Å²) in [5.41, 5.74) is -0.744. The summed E-state index contributed by atoms with van der Waals surface area (Å²) in [4.78, 5) is 24.5. The Hall–Kier alpha value is -1.59. The molecule has 0 aliphatic heterocycles. The zero-order valence-corrected chi connectivity index (χ0v) is 10.2. The quantitative estimate of drug-likeness (QED) is 0.712. The van der Waals surface area contributed by atoms with Crippen LogP contribution in [0.25, 0.3) is 0 Å². The molecule has 0 bridgehead atoms. The zero-order valence-electron chi connectivity index (χ0n) is 10.2. The highest BCUT2D eigenvalue weighted by Gasteiger charge is 2.28. The largest absolute Gasteiger partial charge is 0.361 e. The first-order valence-corrected chi connectivity index (χ1v) is 5.92. The molecule has 2 rings (SSSR count). The minimum atomic E-state index is -0.579. The van der Waals surface area contributed by atoms with E-state index in [4.69, 9.17) is 0 Å². The van der Waals surface area contributed by atoms with Crippen molar-refractivity contribution in [1.29, 1.82) is 0 Å². The van der Waals surface area contributed by atoms with Gasteiger partial charge in [-0.05, 0) is 24.7 Å². The summed E-state index contributed by atoms with van der Waals surface area (Å²) in [6.45, 7) is 4.46. The number of hydrogen-bond donors (Lipinski definition) is 3. The van der Waals surface area contributed by atoms with Crippen molar-refractivity contribution in [2.24, 2.45) is 5.41 Å². The first-order valence-electron chi connectivity index (χ1n) is 5.92. The predicted molar refractivity (Wildman–Crippen MR) is 65.1 cm³/mol. The van der Waals surface area contributed by atoms with Gasteiger partial charge in [-0.1, -0.05) is 20.3 Å². The van der Waals surface area contributed by atoms with E-state index in [0.29, 0.717) is 5.41 Å². The van der Waals surface area contributed by atoms with E-state index in [2.05, 4.69) is 34.3 Å². The van der Waals surface area contributed by atoms with Crippen LogP contribution in [-0.4, -0.2) is 21.2 Å². The summed E-state index contributed by atoms with van der Waals surface area (Å²) < 4.78 is 0. The van der Waals surface area contributed by atoms with Gasteiger partial charge in [-0.25, -0.2) is 9.89 Å². The van der Waals surface area contributed by atoms with E-state index < -0.39 is 11.2 Å². The summed E-state index contributed by atoms with van der Waals surface area (Å²) >= 11 is 0. The second-order valence-corrected chi connectivity index (χ2v) is 5.46. The van der Waals surface area contributed by atoms with Gasteiger partial charge in [-0.15, -0.1) is 5.10 Å². The molecule has 1 fully saturated rings. The van der Waals surface area contributed by atoms with Gasteiger partial charge in [0.05, 0.1) is 0 Å². The first-order chi connectivity index (χ1) is 7.96. The number of nitrogens with one attached hydrogen (secondary N) is 3. The van der Waals surface area contributed by atoms with Crippen LogP contribution in [0.1, 0.15) is 39.5 Å². The summed E-state index contributed by atoms with van der Waals surface area (Å²) in [5, 5.41) is 9.06. The van der Waals surface area contributed by atoms with Crippen molar-refractivity contribution in [3.05, 3.63) is 20.8 Å². The Morgan fingerprint density at radius 1 is 1.41 bits per heavy atom. The van der Waals surface area contributed by atoms with Crippen molar-refractivity contribution in [2.75, 3.05) is 5.32 Å². The van der Waals surface area contributed by atoms with Crippen LogP contribution in [-0.2, 0) is 0 Å². The molecule has 6 heteroatoms. The van der Waals surface area contributed by atoms with E-state index in [0.717, 1.165) is 19.3 Å². The number of aromatic nitrogens is 3. The van der Waals surface area contributed by atoms with Gasteiger partial charge in [-0.2, -0.15) is 0 Å². The molecule has 1 unspecified atom stereocenters. The lowest BCUT2D eigenvalue weighted by molar-refractivity contribution is 0.229. The Morgan fingerprint density at radius 3 is 2.82 bits per heavy atom. The van der Waals surface area contributed by atoms with E-state index in [9.17, 15) is 9.59 Å². The van der Waals surface area contributed by atoms with Gasteiger partial charge in [0, 0.05) is 6.04 Å². The molecule has 1 aliphatic rings. The van der Waals surface area contributed by atoms with Crippen LogP contribution in [0.5, 0.6) is 0 Å². The third-order valence-corrected chi connectivity index (χ3v) is 3.26. The summed E-state index contributed by atoms with van der Waals surface area (Å²) in [5.74, 6) is 0.201. The predicted octanol–water partition coefficient (Wildman–Crippen LogP) is 0.839. The highest BCUT2D eigenvalue weighted by atomic mass is 16.2. The number of hydrogen-bond acceptors (Lipinski definition) is 4. The highest BCUT2D eigenvalue weighted by molar-refractivity contribution is 5.30. The number of rotatable bonds is 2. The second kappa shape index (κ2) is 4.35. The fourth-order valence-electron chi connectivity index (χ4n) is 2.46. The molecule has 1 aliphatic carbocycles. The topological polar surface area (TPSA) is 90.6 Å². The van der Waals surface area contributed by atoms with Crippen LogP contribution in [0.2, 0.25) is 0 Å². The maximum atomic E-state index is 11.5. The molecule has 1 heterocycles. The molecule has 1 aromatic rings. The van der Waals surface area contributed by atoms with Crippen molar-refractivity contribution >= 4 is 5.82 Å². The van der Waals surface area contributed by atoms with Crippen LogP contribution in [0.3, 0.4) is 0 Å². The Kier molecular flexibility index (Phi) is 3.04. The zero-order chi connectivity index (χ0) is 12.5. The van der Waals surface area contributed by atoms with Crippen LogP contribution < -0.4 is 16.6 Å². The molecule has 1 aromatic heterocycles. The average molecular weight is 238 g/mol. The van der Waals surface area contributed by atoms with E-state index in [1.165, 1.54) is 6.42 Å². The van der Waals surface area contributed by atoms with E-state index >= 15 is 0 Å². The summed E-state index contributed by atoms with van der Waals surface area (Å²) in [6.07, 6.45) is 4.39. The lowest BCUT2D eigenvalue weighted by atomic mass is 9.75. The molecule has 0 saturated heterocycles. The maximum Gasteiger partial charge on any atom is 0.342 e. The molecule has 17 heavy (non-hydrogen) atoms. The van der Waals surface area contributed by atoms with Crippen molar-refractivity contribution in [1.82, 2.24) is 15.2 Å². The fraction of sp³-hybridized carbons (Fsp3) is 0.727. The minimum absolute atomic E-state index is 0.201. The maximum absolute atomic E-state index is 11.5. The lowest BCUT2D eigenvalue weighted by Gasteiger charge is -2.35. The first kappa shape index (κ1) is 11.9. The van der Waals surface area contributed by atoms with Crippen LogP contribution in [0.15, 0.2) is 9.59 Å². The number of aromatic amines is 2. The van der Waals surface area contributed by atoms with Crippen LogP contribution in [0.4, 0.5) is 5.82 Å². The van der Waals surface area contributed by atoms with Gasteiger partial charge < -0.3 is 5.32 Å². The van der Waals surface area contributed by atoms with Gasteiger partial charge in [0.25, 0.3) is 5.56 Å². The smallest absolute Gasteiger partial charge is 0.342 e. The molecule has 0 radical (unpaired) electrons. The highest BCUT2D eigenvalue weighted by Crippen LogP contribution is 2.35. The molecule has 1 atom stereocenters. The van der Waals surface area contributed by atoms with E-state index in [1.54, 1.807) is 0 Å². The van der Waals surface area contributed by atoms with Crippen LogP contribution >= 0.6 is 0 Å². The third-order valence-electron chi connectivity index (χ3n) is 3.26. The number of H-pyrrole nitrogens is 2. The standard InChI is InChI=1S/C11H18N4O2/c1-11(2)5-3-4-7(6-11)12-8-9(16)13-10(17)15-14-8/h7H,3-6H2,1-2H3,(H,12,14)(H2,13,15,16,17). The molecule has 6 nitrogen and oxygen atoms in total. The van der Waals surface area contributed by atoms with Crippen molar-refractivity contribution in [3.8, 4) is 0 Å². The minimum Gasteiger partial charge on any atom is -0.361 e. The number of nitrogens with zero attached hydrogens (tertiary/aromatic N) is 1. The Labute approximate surface area is 98.8 Å². The Balaban J connectivity index is 2.10. The average Bonchev–Trinajstić information content (AvgIpc) is 2.21. The molecule has 94 valence electrons. The number of anilines is 1. The summed E-state index contributed by atoms with van der Waals surface area (Å²) in [7, 11) is 0. The SMILES string of the molecule is CC1(C)CCCC(Nc2n[nH]c(=O)[nH]c2=O)C1. The van der Waals surface area contributed by atoms with E-state index in [1.807, 2.05) is 0 Å². The molecule has 0 aromatic carbocycles. The third kappa shape index (κ3) is 2.95. The molecular weight excluding hydrogens is 220 g/mol. The monoisotopic (exact) mass is 238 g/mol. The molecule has 0 amide bonds. The van der Waals surface area contributed by atoms with Crippen molar-refractivity contribution in [2.45, 2.75) is 45.6 Å². The molecule has 0 spiro atoms. The van der Waals surface area contributed by atoms with Crippen molar-refractivity contribution < 1.29 is 0 Å². The summed E-state index contributed by atoms with van der Waals surface area (Å²) in [6, 6.07) is 0.248. The molecule has 1 saturated carbocycles. The lowest BCUT2D eigenvalue weighted by Crippen LogP contribution is -2.35. The van der Waals surface area contributed by atoms with Gasteiger partial charge in [0.1, 0.15) is 0 Å². The van der Waals surface area contributed by atoms with Crippen LogP contribution in [0, 0.1) is 5.41 Å². The Morgan fingerprint density at radius 2 is 2.18 bits per heavy atom. The second-order valence-electron chi connectivity index (χ2n) is 5.46. The van der Waals surface area contributed by atoms with Gasteiger partial charge in [0.15, 0.2) is 0 Å². The fourth-order valence-corrected chi connectivity index (χ4v) is 2.46. The van der Waals surface area contributed by atoms with E-state index in [-0.39, 0.29) is 11.9 Å².